The molecule has 4 heteroatoms. The first kappa shape index (κ1) is 8.17. The predicted molar refractivity (Wildman–Crippen MR) is 43.6 cm³/mol. The van der Waals surface area contributed by atoms with Crippen LogP contribution in [0.1, 0.15) is 17.7 Å². The van der Waals surface area contributed by atoms with E-state index >= 15 is 0 Å². The van der Waals surface area contributed by atoms with Crippen molar-refractivity contribution in [2.24, 2.45) is 0 Å². The van der Waals surface area contributed by atoms with E-state index in [1.165, 1.54) is 0 Å². The summed E-state index contributed by atoms with van der Waals surface area (Å²) >= 11 is 0. The SMILES string of the molecule is N#Cc1cccc(C2OCCO2)n1. The van der Waals surface area contributed by atoms with Gasteiger partial charge in [0.1, 0.15) is 11.8 Å². The van der Waals surface area contributed by atoms with Crippen molar-refractivity contribution < 1.29 is 9.47 Å². The molecule has 0 unspecified atom stereocenters. The zero-order chi connectivity index (χ0) is 9.10. The number of pyridine rings is 1. The summed E-state index contributed by atoms with van der Waals surface area (Å²) in [6.45, 7) is 1.17. The summed E-state index contributed by atoms with van der Waals surface area (Å²) in [5.41, 5.74) is 1.05. The van der Waals surface area contributed by atoms with Gasteiger partial charge in [-0.3, -0.25) is 0 Å². The highest BCUT2D eigenvalue weighted by Crippen LogP contribution is 2.20. The Morgan fingerprint density at radius 3 is 2.85 bits per heavy atom. The topological polar surface area (TPSA) is 55.1 Å². The summed E-state index contributed by atoms with van der Waals surface area (Å²) in [4.78, 5) is 4.06. The third-order valence-corrected chi connectivity index (χ3v) is 1.75. The number of nitrogens with zero attached hydrogens (tertiary/aromatic N) is 2. The molecule has 0 aliphatic carbocycles. The first-order valence-corrected chi connectivity index (χ1v) is 4.00. The highest BCUT2D eigenvalue weighted by molar-refractivity contribution is 5.22. The van der Waals surface area contributed by atoms with Crippen molar-refractivity contribution in [3.05, 3.63) is 29.6 Å². The lowest BCUT2D eigenvalue weighted by atomic mass is 10.3. The Morgan fingerprint density at radius 2 is 2.15 bits per heavy atom. The maximum Gasteiger partial charge on any atom is 0.201 e. The fraction of sp³-hybridized carbons (Fsp3) is 0.333. The number of nitriles is 1. The van der Waals surface area contributed by atoms with Crippen molar-refractivity contribution in [3.63, 3.8) is 0 Å². The van der Waals surface area contributed by atoms with E-state index in [4.69, 9.17) is 14.7 Å². The molecule has 0 N–H and O–H groups in total. The van der Waals surface area contributed by atoms with Crippen molar-refractivity contribution in [2.45, 2.75) is 6.29 Å². The Morgan fingerprint density at radius 1 is 1.38 bits per heavy atom. The van der Waals surface area contributed by atoms with Gasteiger partial charge in [-0.15, -0.1) is 0 Å². The smallest absolute Gasteiger partial charge is 0.201 e. The molecule has 1 aromatic rings. The minimum absolute atomic E-state index is 0.386. The monoisotopic (exact) mass is 176 g/mol. The number of hydrogen-bond acceptors (Lipinski definition) is 4. The molecule has 0 radical (unpaired) electrons. The number of ether oxygens (including phenoxy) is 2. The quantitative estimate of drug-likeness (QED) is 0.640. The highest BCUT2D eigenvalue weighted by atomic mass is 16.7. The van der Waals surface area contributed by atoms with Crippen molar-refractivity contribution in [3.8, 4) is 6.07 Å². The molecule has 1 aliphatic rings. The Bertz CT molecular complexity index is 340. The van der Waals surface area contributed by atoms with Crippen LogP contribution in [0.5, 0.6) is 0 Å². The molecule has 0 aromatic carbocycles. The summed E-state index contributed by atoms with van der Waals surface area (Å²) in [5.74, 6) is 0. The summed E-state index contributed by atoms with van der Waals surface area (Å²) in [6, 6.07) is 7.18. The van der Waals surface area contributed by atoms with Gasteiger partial charge in [-0.05, 0) is 12.1 Å². The van der Waals surface area contributed by atoms with Crippen LogP contribution >= 0.6 is 0 Å². The Balaban J connectivity index is 2.25. The van der Waals surface area contributed by atoms with Crippen molar-refractivity contribution in [2.75, 3.05) is 13.2 Å². The van der Waals surface area contributed by atoms with Gasteiger partial charge in [0.05, 0.1) is 18.9 Å². The zero-order valence-electron chi connectivity index (χ0n) is 6.93. The van der Waals surface area contributed by atoms with E-state index in [9.17, 15) is 0 Å². The maximum absolute atomic E-state index is 8.61. The molecule has 1 aromatic heterocycles. The third-order valence-electron chi connectivity index (χ3n) is 1.75. The standard InChI is InChI=1S/C9H8N2O2/c10-6-7-2-1-3-8(11-7)9-12-4-5-13-9/h1-3,9H,4-5H2. The molecule has 0 atom stereocenters. The van der Waals surface area contributed by atoms with Gasteiger partial charge in [0.15, 0.2) is 0 Å². The van der Waals surface area contributed by atoms with E-state index in [0.29, 0.717) is 24.6 Å². The van der Waals surface area contributed by atoms with Crippen molar-refractivity contribution in [1.82, 2.24) is 4.98 Å². The molecule has 2 heterocycles. The number of hydrogen-bond donors (Lipinski definition) is 0. The average molecular weight is 176 g/mol. The van der Waals surface area contributed by atoms with Crippen LogP contribution in [-0.2, 0) is 9.47 Å². The van der Waals surface area contributed by atoms with Crippen LogP contribution in [0, 0.1) is 11.3 Å². The normalized spacial score (nSPS) is 17.2. The van der Waals surface area contributed by atoms with E-state index in [-0.39, 0.29) is 0 Å². The molecule has 0 amide bonds. The van der Waals surface area contributed by atoms with Gasteiger partial charge in [0, 0.05) is 0 Å². The highest BCUT2D eigenvalue weighted by Gasteiger charge is 2.19. The van der Waals surface area contributed by atoms with Gasteiger partial charge >= 0.3 is 0 Å². The predicted octanol–water partition coefficient (Wildman–Crippen LogP) is 0.999. The molecule has 0 bridgehead atoms. The average Bonchev–Trinajstić information content (AvgIpc) is 2.71. The van der Waals surface area contributed by atoms with Gasteiger partial charge in [-0.1, -0.05) is 6.07 Å². The van der Waals surface area contributed by atoms with Gasteiger partial charge < -0.3 is 9.47 Å². The zero-order valence-corrected chi connectivity index (χ0v) is 6.93. The second-order valence-electron chi connectivity index (χ2n) is 2.63. The Labute approximate surface area is 75.7 Å². The summed E-state index contributed by atoms with van der Waals surface area (Å²) in [6.07, 6.45) is -0.395. The Kier molecular flexibility index (Phi) is 2.21. The molecule has 4 nitrogen and oxygen atoms in total. The largest absolute Gasteiger partial charge is 0.345 e. The van der Waals surface area contributed by atoms with Crippen molar-refractivity contribution >= 4 is 0 Å². The first-order chi connectivity index (χ1) is 6.40. The van der Waals surface area contributed by atoms with Gasteiger partial charge in [-0.25, -0.2) is 4.98 Å². The third kappa shape index (κ3) is 1.66. The minimum Gasteiger partial charge on any atom is -0.345 e. The lowest BCUT2D eigenvalue weighted by Crippen LogP contribution is -2.01. The molecule has 1 aliphatic heterocycles. The van der Waals surface area contributed by atoms with Crippen LogP contribution in [-0.4, -0.2) is 18.2 Å². The lowest BCUT2D eigenvalue weighted by Gasteiger charge is -2.07. The molecule has 2 rings (SSSR count). The van der Waals surface area contributed by atoms with Crippen LogP contribution in [0.4, 0.5) is 0 Å². The van der Waals surface area contributed by atoms with E-state index < -0.39 is 6.29 Å². The molecule has 13 heavy (non-hydrogen) atoms. The Hall–Kier alpha value is -1.44. The maximum atomic E-state index is 8.61. The fourth-order valence-corrected chi connectivity index (χ4v) is 1.17. The minimum atomic E-state index is -0.395. The summed E-state index contributed by atoms with van der Waals surface area (Å²) < 4.78 is 10.5. The van der Waals surface area contributed by atoms with Crippen LogP contribution in [0.2, 0.25) is 0 Å². The molecule has 1 fully saturated rings. The summed E-state index contributed by atoms with van der Waals surface area (Å²) in [5, 5.41) is 8.61. The molecule has 0 spiro atoms. The molecule has 66 valence electrons. The second kappa shape index (κ2) is 3.52. The van der Waals surface area contributed by atoms with Gasteiger partial charge in [0.2, 0.25) is 6.29 Å². The van der Waals surface area contributed by atoms with Gasteiger partial charge in [0.25, 0.3) is 0 Å². The fourth-order valence-electron chi connectivity index (χ4n) is 1.17. The molecular weight excluding hydrogens is 168 g/mol. The first-order valence-electron chi connectivity index (χ1n) is 4.00. The van der Waals surface area contributed by atoms with Crippen LogP contribution < -0.4 is 0 Å². The lowest BCUT2D eigenvalue weighted by molar-refractivity contribution is -0.0473. The molecular formula is C9H8N2O2. The van der Waals surface area contributed by atoms with Crippen molar-refractivity contribution in [1.29, 1.82) is 5.26 Å². The van der Waals surface area contributed by atoms with Crippen LogP contribution in [0.3, 0.4) is 0 Å². The number of aromatic nitrogens is 1. The van der Waals surface area contributed by atoms with Crippen LogP contribution in [0.15, 0.2) is 18.2 Å². The van der Waals surface area contributed by atoms with E-state index in [1.54, 1.807) is 18.2 Å². The van der Waals surface area contributed by atoms with E-state index in [2.05, 4.69) is 4.98 Å². The summed E-state index contributed by atoms with van der Waals surface area (Å²) in [7, 11) is 0. The van der Waals surface area contributed by atoms with E-state index in [1.807, 2.05) is 6.07 Å². The molecule has 1 saturated heterocycles. The van der Waals surface area contributed by atoms with Gasteiger partial charge in [-0.2, -0.15) is 5.26 Å². The van der Waals surface area contributed by atoms with E-state index in [0.717, 1.165) is 0 Å². The number of rotatable bonds is 1. The molecule has 0 saturated carbocycles. The van der Waals surface area contributed by atoms with Crippen LogP contribution in [0.25, 0.3) is 0 Å². The second-order valence-corrected chi connectivity index (χ2v) is 2.63.